The lowest BCUT2D eigenvalue weighted by atomic mass is 10.1. The van der Waals surface area contributed by atoms with Crippen molar-refractivity contribution in [3.63, 3.8) is 0 Å². The van der Waals surface area contributed by atoms with Gasteiger partial charge in [0.15, 0.2) is 0 Å². The summed E-state index contributed by atoms with van der Waals surface area (Å²) in [6.45, 7) is 5.74. The molecule has 0 spiro atoms. The van der Waals surface area contributed by atoms with Gasteiger partial charge in [0.2, 0.25) is 5.82 Å². The predicted molar refractivity (Wildman–Crippen MR) is 111 cm³/mol. The summed E-state index contributed by atoms with van der Waals surface area (Å²) >= 11 is 0. The van der Waals surface area contributed by atoms with E-state index in [1.165, 1.54) is 0 Å². The molecule has 31 heavy (non-hydrogen) atoms. The molecule has 0 bridgehead atoms. The van der Waals surface area contributed by atoms with Crippen LogP contribution in [0.5, 0.6) is 0 Å². The molecule has 4 heterocycles. The van der Waals surface area contributed by atoms with Crippen molar-refractivity contribution in [2.24, 2.45) is 0 Å². The smallest absolute Gasteiger partial charge is 0.410 e. The summed E-state index contributed by atoms with van der Waals surface area (Å²) in [5.74, 6) is 0.540. The molecule has 2 aromatic heterocycles. The lowest BCUT2D eigenvalue weighted by Crippen LogP contribution is -2.49. The van der Waals surface area contributed by atoms with Crippen LogP contribution < -0.4 is 4.90 Å². The molecule has 3 fully saturated rings. The third-order valence-corrected chi connectivity index (χ3v) is 6.33. The van der Waals surface area contributed by atoms with Gasteiger partial charge in [-0.2, -0.15) is 10.1 Å². The highest BCUT2D eigenvalue weighted by atomic mass is 16.6. The number of hydrogen-bond donors (Lipinski definition) is 0. The van der Waals surface area contributed by atoms with Gasteiger partial charge in [-0.05, 0) is 25.8 Å². The zero-order valence-electron chi connectivity index (χ0n) is 17.4. The molecule has 0 radical (unpaired) electrons. The van der Waals surface area contributed by atoms with E-state index in [4.69, 9.17) is 14.0 Å². The van der Waals surface area contributed by atoms with Gasteiger partial charge in [0, 0.05) is 37.1 Å². The monoisotopic (exact) mass is 424 g/mol. The minimum atomic E-state index is -0.252. The van der Waals surface area contributed by atoms with E-state index in [-0.39, 0.29) is 17.7 Å². The van der Waals surface area contributed by atoms with Crippen molar-refractivity contribution < 1.29 is 18.8 Å². The van der Waals surface area contributed by atoms with Crippen molar-refractivity contribution in [2.45, 2.75) is 31.4 Å². The first-order valence-corrected chi connectivity index (χ1v) is 10.7. The molecule has 6 rings (SSSR count). The molecule has 1 aliphatic carbocycles. The summed E-state index contributed by atoms with van der Waals surface area (Å²) < 4.78 is 18.4. The second kappa shape index (κ2) is 6.94. The fourth-order valence-electron chi connectivity index (χ4n) is 3.93. The molecule has 1 amide bonds. The molecule has 1 aromatic carbocycles. The average molecular weight is 424 g/mol. The standard InChI is InChI=1S/C21H24N6O4/c1-21(4-5-21)30-20(28)26-8-6-25(7-9-26)19-23-18(24-31-19)14-2-3-15-11-22-27(17(15)10-14)16-12-29-13-16/h2-3,10-11,16H,4-9,12-13H2,1H3. The normalized spacial score (nSPS) is 20.7. The lowest BCUT2D eigenvalue weighted by molar-refractivity contribution is -0.0266. The number of ether oxygens (including phenoxy) is 2. The fraction of sp³-hybridized carbons (Fsp3) is 0.524. The van der Waals surface area contributed by atoms with E-state index in [1.807, 2.05) is 40.9 Å². The summed E-state index contributed by atoms with van der Waals surface area (Å²) in [5.41, 5.74) is 1.66. The number of carbonyl (C=O) groups is 1. The number of hydrogen-bond acceptors (Lipinski definition) is 8. The number of aromatic nitrogens is 4. The van der Waals surface area contributed by atoms with E-state index < -0.39 is 0 Å². The molecule has 2 aliphatic heterocycles. The highest BCUT2D eigenvalue weighted by molar-refractivity contribution is 5.83. The molecule has 3 aromatic rings. The SMILES string of the molecule is CC1(OC(=O)N2CCN(c3nc(-c4ccc5cnn(C6COC6)c5c4)no3)CC2)CC1. The first kappa shape index (κ1) is 18.6. The molecule has 0 atom stereocenters. The quantitative estimate of drug-likeness (QED) is 0.630. The molecule has 162 valence electrons. The third kappa shape index (κ3) is 3.40. The van der Waals surface area contributed by atoms with Crippen LogP contribution in [0.2, 0.25) is 0 Å². The molecular weight excluding hydrogens is 400 g/mol. The zero-order chi connectivity index (χ0) is 21.0. The summed E-state index contributed by atoms with van der Waals surface area (Å²) in [5, 5.41) is 9.76. The van der Waals surface area contributed by atoms with Gasteiger partial charge in [-0.15, -0.1) is 0 Å². The van der Waals surface area contributed by atoms with Crippen LogP contribution >= 0.6 is 0 Å². The van der Waals surface area contributed by atoms with Crippen molar-refractivity contribution in [1.29, 1.82) is 0 Å². The van der Waals surface area contributed by atoms with E-state index in [1.54, 1.807) is 4.90 Å². The van der Waals surface area contributed by atoms with Crippen molar-refractivity contribution in [1.82, 2.24) is 24.8 Å². The lowest BCUT2D eigenvalue weighted by Gasteiger charge is -2.33. The average Bonchev–Trinajstić information content (AvgIpc) is 3.15. The third-order valence-electron chi connectivity index (χ3n) is 6.33. The number of benzene rings is 1. The first-order chi connectivity index (χ1) is 15.1. The van der Waals surface area contributed by atoms with Crippen LogP contribution in [0.3, 0.4) is 0 Å². The van der Waals surface area contributed by atoms with Crippen LogP contribution in [-0.2, 0) is 9.47 Å². The molecule has 10 nitrogen and oxygen atoms in total. The van der Waals surface area contributed by atoms with Crippen LogP contribution in [0.25, 0.3) is 22.3 Å². The molecular formula is C21H24N6O4. The van der Waals surface area contributed by atoms with Gasteiger partial charge in [-0.25, -0.2) is 4.79 Å². The minimum Gasteiger partial charge on any atom is -0.443 e. The number of rotatable bonds is 4. The van der Waals surface area contributed by atoms with Crippen LogP contribution in [0.1, 0.15) is 25.8 Å². The second-order valence-corrected chi connectivity index (χ2v) is 8.75. The van der Waals surface area contributed by atoms with E-state index in [0.29, 0.717) is 51.2 Å². The summed E-state index contributed by atoms with van der Waals surface area (Å²) in [4.78, 5) is 20.6. The Labute approximate surface area is 178 Å². The molecule has 2 saturated heterocycles. The van der Waals surface area contributed by atoms with E-state index >= 15 is 0 Å². The Balaban J connectivity index is 1.15. The zero-order valence-corrected chi connectivity index (χ0v) is 17.4. The van der Waals surface area contributed by atoms with Gasteiger partial charge >= 0.3 is 12.1 Å². The Kier molecular flexibility index (Phi) is 4.17. The number of nitrogens with zero attached hydrogens (tertiary/aromatic N) is 6. The Hall–Kier alpha value is -3.14. The molecule has 1 saturated carbocycles. The highest BCUT2D eigenvalue weighted by Gasteiger charge is 2.43. The number of amides is 1. The molecule has 0 unspecified atom stereocenters. The Morgan fingerprint density at radius 3 is 2.71 bits per heavy atom. The van der Waals surface area contributed by atoms with Crippen molar-refractivity contribution in [3.05, 3.63) is 24.4 Å². The summed E-state index contributed by atoms with van der Waals surface area (Å²) in [7, 11) is 0. The highest BCUT2D eigenvalue weighted by Crippen LogP contribution is 2.39. The number of carbonyl (C=O) groups excluding carboxylic acids is 1. The van der Waals surface area contributed by atoms with Crippen molar-refractivity contribution >= 4 is 23.0 Å². The predicted octanol–water partition coefficient (Wildman–Crippen LogP) is 2.47. The number of anilines is 1. The largest absolute Gasteiger partial charge is 0.443 e. The van der Waals surface area contributed by atoms with Crippen molar-refractivity contribution in [2.75, 3.05) is 44.3 Å². The second-order valence-electron chi connectivity index (χ2n) is 8.75. The van der Waals surface area contributed by atoms with Crippen LogP contribution in [-0.4, -0.2) is 75.9 Å². The van der Waals surface area contributed by atoms with Gasteiger partial charge in [0.05, 0.1) is 31.0 Å². The van der Waals surface area contributed by atoms with Crippen molar-refractivity contribution in [3.8, 4) is 11.4 Å². The Morgan fingerprint density at radius 2 is 2.00 bits per heavy atom. The van der Waals surface area contributed by atoms with Gasteiger partial charge in [-0.3, -0.25) is 4.68 Å². The van der Waals surface area contributed by atoms with Gasteiger partial charge in [0.1, 0.15) is 5.60 Å². The molecule has 0 N–H and O–H groups in total. The van der Waals surface area contributed by atoms with Gasteiger partial charge in [-0.1, -0.05) is 17.3 Å². The number of piperazine rings is 1. The fourth-order valence-corrected chi connectivity index (χ4v) is 3.93. The van der Waals surface area contributed by atoms with Crippen LogP contribution in [0, 0.1) is 0 Å². The summed E-state index contributed by atoms with van der Waals surface area (Å²) in [6, 6.07) is 6.79. The molecule has 3 aliphatic rings. The van der Waals surface area contributed by atoms with Crippen LogP contribution in [0.4, 0.5) is 10.8 Å². The van der Waals surface area contributed by atoms with Gasteiger partial charge in [0.25, 0.3) is 0 Å². The van der Waals surface area contributed by atoms with E-state index in [9.17, 15) is 4.79 Å². The maximum absolute atomic E-state index is 12.3. The number of fused-ring (bicyclic) bond motifs is 1. The summed E-state index contributed by atoms with van der Waals surface area (Å²) in [6.07, 6.45) is 3.54. The molecule has 10 heteroatoms. The van der Waals surface area contributed by atoms with E-state index in [2.05, 4.69) is 15.2 Å². The van der Waals surface area contributed by atoms with Gasteiger partial charge < -0.3 is 23.8 Å². The topological polar surface area (TPSA) is 98.8 Å². The Morgan fingerprint density at radius 1 is 1.19 bits per heavy atom. The minimum absolute atomic E-state index is 0.229. The maximum Gasteiger partial charge on any atom is 0.410 e. The van der Waals surface area contributed by atoms with Crippen LogP contribution in [0.15, 0.2) is 28.9 Å². The van der Waals surface area contributed by atoms with E-state index in [0.717, 1.165) is 29.3 Å². The maximum atomic E-state index is 12.3. The first-order valence-electron chi connectivity index (χ1n) is 10.7. The Bertz CT molecular complexity index is 1120.